The minimum atomic E-state index is -0.524. The van der Waals surface area contributed by atoms with E-state index in [9.17, 15) is 9.59 Å². The van der Waals surface area contributed by atoms with Gasteiger partial charge in [-0.3, -0.25) is 4.79 Å². The van der Waals surface area contributed by atoms with Gasteiger partial charge >= 0.3 is 5.97 Å². The second kappa shape index (κ2) is 5.78. The number of likely N-dealkylation sites (N-methyl/N-ethyl adjacent to an activating group) is 1. The maximum absolute atomic E-state index is 12.9. The summed E-state index contributed by atoms with van der Waals surface area (Å²) in [6.07, 6.45) is 3.12. The van der Waals surface area contributed by atoms with Crippen LogP contribution in [0.15, 0.2) is 36.8 Å². The van der Waals surface area contributed by atoms with Gasteiger partial charge in [-0.25, -0.2) is 9.78 Å². The lowest BCUT2D eigenvalue weighted by Gasteiger charge is -2.48. The number of benzene rings is 1. The van der Waals surface area contributed by atoms with Crippen LogP contribution in [0.25, 0.3) is 0 Å². The normalized spacial score (nSPS) is 19.1. The fourth-order valence-corrected chi connectivity index (χ4v) is 3.68. The third-order valence-electron chi connectivity index (χ3n) is 4.75. The van der Waals surface area contributed by atoms with Crippen LogP contribution in [0.2, 0.25) is 0 Å². The molecule has 24 heavy (non-hydrogen) atoms. The van der Waals surface area contributed by atoms with Gasteiger partial charge in [-0.05, 0) is 32.4 Å². The van der Waals surface area contributed by atoms with Crippen molar-refractivity contribution in [3.8, 4) is 0 Å². The number of ether oxygens (including phenoxy) is 1. The molecule has 0 spiro atoms. The number of carbonyl (C=O) groups is 2. The molecule has 3 rings (SSSR count). The lowest BCUT2D eigenvalue weighted by molar-refractivity contribution is 0.0400. The van der Waals surface area contributed by atoms with Crippen molar-refractivity contribution in [1.82, 2.24) is 14.5 Å². The number of esters is 1. The number of imidazole rings is 1. The average molecular weight is 327 g/mol. The summed E-state index contributed by atoms with van der Waals surface area (Å²) in [5.74, 6) is -0.435. The van der Waals surface area contributed by atoms with Gasteiger partial charge in [0.2, 0.25) is 0 Å². The molecule has 0 saturated carbocycles. The Kier molecular flexibility index (Phi) is 3.91. The minimum Gasteiger partial charge on any atom is -0.464 e. The molecule has 1 unspecified atom stereocenters. The topological polar surface area (TPSA) is 64.4 Å². The number of hydrogen-bond acceptors (Lipinski definition) is 4. The lowest BCUT2D eigenvalue weighted by Crippen LogP contribution is -2.57. The van der Waals surface area contributed by atoms with Gasteiger partial charge < -0.3 is 14.2 Å². The highest BCUT2D eigenvalue weighted by atomic mass is 16.5. The Labute approximate surface area is 141 Å². The van der Waals surface area contributed by atoms with Crippen LogP contribution in [0.1, 0.15) is 53.2 Å². The zero-order valence-electron chi connectivity index (χ0n) is 14.3. The second-order valence-corrected chi connectivity index (χ2v) is 6.37. The summed E-state index contributed by atoms with van der Waals surface area (Å²) in [5.41, 5.74) is 1.40. The Morgan fingerprint density at radius 1 is 1.33 bits per heavy atom. The van der Waals surface area contributed by atoms with E-state index in [4.69, 9.17) is 4.74 Å². The lowest BCUT2D eigenvalue weighted by atomic mass is 9.79. The summed E-state index contributed by atoms with van der Waals surface area (Å²) >= 11 is 0. The van der Waals surface area contributed by atoms with Crippen LogP contribution in [0.3, 0.4) is 0 Å². The fraction of sp³-hybridized carbons (Fsp3) is 0.389. The molecular formula is C18H21N3O3. The van der Waals surface area contributed by atoms with E-state index in [2.05, 4.69) is 4.98 Å². The van der Waals surface area contributed by atoms with Crippen molar-refractivity contribution in [2.45, 2.75) is 32.4 Å². The fourth-order valence-electron chi connectivity index (χ4n) is 3.68. The minimum absolute atomic E-state index is 0.00841. The van der Waals surface area contributed by atoms with Crippen LogP contribution >= 0.6 is 0 Å². The van der Waals surface area contributed by atoms with Crippen molar-refractivity contribution in [1.29, 1.82) is 0 Å². The number of hydrogen-bond donors (Lipinski definition) is 0. The van der Waals surface area contributed by atoms with Crippen molar-refractivity contribution >= 4 is 11.9 Å². The smallest absolute Gasteiger partial charge is 0.356 e. The van der Waals surface area contributed by atoms with Gasteiger partial charge in [0.15, 0.2) is 0 Å². The van der Waals surface area contributed by atoms with E-state index in [0.717, 1.165) is 5.56 Å². The molecule has 2 aromatic rings. The van der Waals surface area contributed by atoms with E-state index < -0.39 is 11.5 Å². The number of fused-ring (bicyclic) bond motifs is 1. The second-order valence-electron chi connectivity index (χ2n) is 6.37. The zero-order chi connectivity index (χ0) is 17.5. The molecule has 2 heterocycles. The van der Waals surface area contributed by atoms with Gasteiger partial charge in [0, 0.05) is 12.1 Å². The first-order chi connectivity index (χ1) is 11.4. The number of nitrogens with zero attached hydrogens (tertiary/aromatic N) is 3. The number of methoxy groups -OCH3 is 1. The van der Waals surface area contributed by atoms with Gasteiger partial charge in [-0.2, -0.15) is 0 Å². The summed E-state index contributed by atoms with van der Waals surface area (Å²) in [4.78, 5) is 30.9. The molecule has 1 aliphatic heterocycles. The predicted octanol–water partition coefficient (Wildman–Crippen LogP) is 2.51. The predicted molar refractivity (Wildman–Crippen MR) is 88.9 cm³/mol. The molecule has 1 atom stereocenters. The Morgan fingerprint density at radius 2 is 2.04 bits per heavy atom. The molecule has 0 N–H and O–H groups in total. The molecule has 0 aliphatic carbocycles. The third kappa shape index (κ3) is 2.21. The number of amides is 1. The first-order valence-corrected chi connectivity index (χ1v) is 7.94. The highest BCUT2D eigenvalue weighted by Crippen LogP contribution is 2.42. The highest BCUT2D eigenvalue weighted by molar-refractivity contribution is 5.98. The van der Waals surface area contributed by atoms with Crippen LogP contribution in [0.4, 0.5) is 0 Å². The highest BCUT2D eigenvalue weighted by Gasteiger charge is 2.46. The van der Waals surface area contributed by atoms with Gasteiger partial charge in [0.05, 0.1) is 31.2 Å². The largest absolute Gasteiger partial charge is 0.464 e. The van der Waals surface area contributed by atoms with Crippen LogP contribution < -0.4 is 0 Å². The number of aromatic nitrogens is 2. The summed E-state index contributed by atoms with van der Waals surface area (Å²) in [6, 6.07) is 7.30. The van der Waals surface area contributed by atoms with Crippen LogP contribution in [-0.4, -0.2) is 45.5 Å². The summed E-state index contributed by atoms with van der Waals surface area (Å²) in [7, 11) is 1.35. The number of rotatable bonds is 3. The average Bonchev–Trinajstić information content (AvgIpc) is 3.03. The monoisotopic (exact) mass is 327 g/mol. The quantitative estimate of drug-likeness (QED) is 0.813. The van der Waals surface area contributed by atoms with Crippen molar-refractivity contribution in [3.63, 3.8) is 0 Å². The SMILES string of the molecule is CCN1C(=O)c2ccccc2C(n2cncc2C(=O)OC)C1(C)C. The molecular weight excluding hydrogens is 306 g/mol. The van der Waals surface area contributed by atoms with E-state index in [0.29, 0.717) is 17.8 Å². The first-order valence-electron chi connectivity index (χ1n) is 7.94. The first kappa shape index (κ1) is 16.2. The number of carbonyl (C=O) groups excluding carboxylic acids is 2. The van der Waals surface area contributed by atoms with E-state index in [1.807, 2.05) is 49.9 Å². The van der Waals surface area contributed by atoms with E-state index >= 15 is 0 Å². The molecule has 0 fully saturated rings. The molecule has 1 aromatic carbocycles. The van der Waals surface area contributed by atoms with Crippen LogP contribution in [0.5, 0.6) is 0 Å². The Balaban J connectivity index is 2.26. The summed E-state index contributed by atoms with van der Waals surface area (Å²) in [5, 5.41) is 0. The molecule has 126 valence electrons. The van der Waals surface area contributed by atoms with Gasteiger partial charge in [-0.1, -0.05) is 18.2 Å². The van der Waals surface area contributed by atoms with Crippen molar-refractivity contribution < 1.29 is 14.3 Å². The van der Waals surface area contributed by atoms with E-state index in [1.54, 1.807) is 10.9 Å². The van der Waals surface area contributed by atoms with Crippen molar-refractivity contribution in [2.75, 3.05) is 13.7 Å². The standard InChI is InChI=1S/C18H21N3O3/c1-5-21-16(22)13-9-7-6-8-12(13)15(18(21,2)3)20-11-19-10-14(20)17(23)24-4/h6-11,15H,5H2,1-4H3. The van der Waals surface area contributed by atoms with Gasteiger partial charge in [0.25, 0.3) is 5.91 Å². The molecule has 6 heteroatoms. The van der Waals surface area contributed by atoms with E-state index in [1.165, 1.54) is 13.3 Å². The summed E-state index contributed by atoms with van der Waals surface area (Å²) in [6.45, 7) is 6.56. The van der Waals surface area contributed by atoms with Crippen LogP contribution in [-0.2, 0) is 4.74 Å². The molecule has 0 bridgehead atoms. The molecule has 1 aromatic heterocycles. The van der Waals surface area contributed by atoms with Crippen LogP contribution in [0, 0.1) is 0 Å². The molecule has 1 aliphatic rings. The maximum atomic E-state index is 12.9. The molecule has 1 amide bonds. The Hall–Kier alpha value is -2.63. The Morgan fingerprint density at radius 3 is 2.71 bits per heavy atom. The van der Waals surface area contributed by atoms with Gasteiger partial charge in [-0.15, -0.1) is 0 Å². The van der Waals surface area contributed by atoms with Gasteiger partial charge in [0.1, 0.15) is 5.69 Å². The van der Waals surface area contributed by atoms with Crippen molar-refractivity contribution in [3.05, 3.63) is 53.6 Å². The third-order valence-corrected chi connectivity index (χ3v) is 4.75. The molecule has 6 nitrogen and oxygen atoms in total. The van der Waals surface area contributed by atoms with E-state index in [-0.39, 0.29) is 11.9 Å². The zero-order valence-corrected chi connectivity index (χ0v) is 14.3. The summed E-state index contributed by atoms with van der Waals surface area (Å²) < 4.78 is 6.68. The molecule has 0 saturated heterocycles. The Bertz CT molecular complexity index is 794. The molecule has 0 radical (unpaired) electrons. The van der Waals surface area contributed by atoms with Crippen molar-refractivity contribution in [2.24, 2.45) is 0 Å². The maximum Gasteiger partial charge on any atom is 0.356 e.